The molecule has 0 spiro atoms. The Kier molecular flexibility index (Phi) is 4.57. The van der Waals surface area contributed by atoms with Gasteiger partial charge in [-0.25, -0.2) is 0 Å². The van der Waals surface area contributed by atoms with Crippen molar-refractivity contribution in [2.75, 3.05) is 20.6 Å². The van der Waals surface area contributed by atoms with Crippen LogP contribution in [-0.4, -0.2) is 42.3 Å². The van der Waals surface area contributed by atoms with E-state index in [4.69, 9.17) is 0 Å². The lowest BCUT2D eigenvalue weighted by Crippen LogP contribution is -2.36. The first-order valence-electron chi connectivity index (χ1n) is 5.56. The first kappa shape index (κ1) is 14.6. The third-order valence-electron chi connectivity index (χ3n) is 2.55. The number of benzene rings is 1. The zero-order valence-corrected chi connectivity index (χ0v) is 11.0. The summed E-state index contributed by atoms with van der Waals surface area (Å²) in [6, 6.07) is 4.06. The average Bonchev–Trinajstić information content (AvgIpc) is 2.34. The van der Waals surface area contributed by atoms with Gasteiger partial charge in [0.05, 0.1) is 11.5 Å². The fourth-order valence-corrected chi connectivity index (χ4v) is 1.42. The molecule has 0 unspecified atom stereocenters. The second kappa shape index (κ2) is 5.94. The van der Waals surface area contributed by atoms with Crippen molar-refractivity contribution in [1.29, 1.82) is 0 Å². The highest BCUT2D eigenvalue weighted by Crippen LogP contribution is 2.18. The van der Waals surface area contributed by atoms with Crippen LogP contribution < -0.4 is 5.32 Å². The normalized spacial score (nSPS) is 9.84. The van der Waals surface area contributed by atoms with Crippen LogP contribution in [0.1, 0.15) is 15.9 Å². The minimum atomic E-state index is -0.507. The molecule has 1 aromatic carbocycles. The van der Waals surface area contributed by atoms with E-state index in [1.54, 1.807) is 21.0 Å². The van der Waals surface area contributed by atoms with Gasteiger partial charge < -0.3 is 10.2 Å². The van der Waals surface area contributed by atoms with E-state index >= 15 is 0 Å². The average molecular weight is 265 g/mol. The number of likely N-dealkylation sites (N-methyl/N-ethyl adjacent to an activating group) is 1. The Morgan fingerprint density at radius 3 is 2.47 bits per heavy atom. The molecule has 0 aliphatic rings. The van der Waals surface area contributed by atoms with E-state index in [-0.39, 0.29) is 23.7 Å². The van der Waals surface area contributed by atoms with Crippen LogP contribution in [0, 0.1) is 17.0 Å². The molecule has 0 aliphatic carbocycles. The standard InChI is InChI=1S/C12H15N3O4/c1-8-6-9(4-5-10(8)15(18)19)12(17)13-7-11(16)14(2)3/h4-6H,7H2,1-3H3,(H,13,17). The molecule has 102 valence electrons. The molecule has 1 aromatic rings. The summed E-state index contributed by atoms with van der Waals surface area (Å²) in [6.45, 7) is 1.45. The molecule has 19 heavy (non-hydrogen) atoms. The van der Waals surface area contributed by atoms with E-state index in [0.717, 1.165) is 0 Å². The Morgan fingerprint density at radius 1 is 1.37 bits per heavy atom. The molecule has 0 aliphatic heterocycles. The molecular weight excluding hydrogens is 250 g/mol. The molecule has 0 saturated heterocycles. The number of nitrogens with one attached hydrogen (secondary N) is 1. The summed E-state index contributed by atoms with van der Waals surface area (Å²) in [4.78, 5) is 34.6. The van der Waals surface area contributed by atoms with Gasteiger partial charge in [-0.2, -0.15) is 0 Å². The maximum Gasteiger partial charge on any atom is 0.272 e. The quantitative estimate of drug-likeness (QED) is 0.641. The van der Waals surface area contributed by atoms with Crippen molar-refractivity contribution < 1.29 is 14.5 Å². The molecule has 0 heterocycles. The van der Waals surface area contributed by atoms with E-state index < -0.39 is 10.8 Å². The molecule has 0 saturated carbocycles. The molecule has 0 fully saturated rings. The van der Waals surface area contributed by atoms with E-state index in [1.807, 2.05) is 0 Å². The van der Waals surface area contributed by atoms with Crippen molar-refractivity contribution in [3.8, 4) is 0 Å². The van der Waals surface area contributed by atoms with Gasteiger partial charge in [0, 0.05) is 31.3 Å². The van der Waals surface area contributed by atoms with E-state index in [2.05, 4.69) is 5.32 Å². The third-order valence-corrected chi connectivity index (χ3v) is 2.55. The largest absolute Gasteiger partial charge is 0.347 e. The second-order valence-electron chi connectivity index (χ2n) is 4.23. The van der Waals surface area contributed by atoms with Gasteiger partial charge in [-0.1, -0.05) is 0 Å². The van der Waals surface area contributed by atoms with Crippen molar-refractivity contribution in [2.45, 2.75) is 6.92 Å². The molecule has 0 aromatic heterocycles. The number of rotatable bonds is 4. The van der Waals surface area contributed by atoms with Gasteiger partial charge in [-0.15, -0.1) is 0 Å². The Bertz CT molecular complexity index is 526. The van der Waals surface area contributed by atoms with Gasteiger partial charge in [0.1, 0.15) is 0 Å². The van der Waals surface area contributed by atoms with E-state index in [1.165, 1.54) is 23.1 Å². The van der Waals surface area contributed by atoms with E-state index in [0.29, 0.717) is 5.56 Å². The van der Waals surface area contributed by atoms with Crippen LogP contribution in [0.4, 0.5) is 5.69 Å². The number of hydrogen-bond acceptors (Lipinski definition) is 4. The highest BCUT2D eigenvalue weighted by Gasteiger charge is 2.14. The topological polar surface area (TPSA) is 92.6 Å². The number of carbonyl (C=O) groups is 2. The molecule has 1 rings (SSSR count). The summed E-state index contributed by atoms with van der Waals surface area (Å²) >= 11 is 0. The highest BCUT2D eigenvalue weighted by atomic mass is 16.6. The maximum absolute atomic E-state index is 11.8. The fraction of sp³-hybridized carbons (Fsp3) is 0.333. The zero-order valence-electron chi connectivity index (χ0n) is 11.0. The number of aryl methyl sites for hydroxylation is 1. The summed E-state index contributed by atoms with van der Waals surface area (Å²) in [5.41, 5.74) is 0.646. The van der Waals surface area contributed by atoms with Crippen molar-refractivity contribution in [1.82, 2.24) is 10.2 Å². The van der Waals surface area contributed by atoms with Crippen molar-refractivity contribution >= 4 is 17.5 Å². The number of nitrogens with zero attached hydrogens (tertiary/aromatic N) is 2. The Balaban J connectivity index is 2.76. The van der Waals surface area contributed by atoms with Gasteiger partial charge in [-0.3, -0.25) is 19.7 Å². The van der Waals surface area contributed by atoms with Crippen molar-refractivity contribution in [2.24, 2.45) is 0 Å². The van der Waals surface area contributed by atoms with Crippen LogP contribution in [0.15, 0.2) is 18.2 Å². The first-order chi connectivity index (χ1) is 8.82. The molecule has 0 atom stereocenters. The predicted molar refractivity (Wildman–Crippen MR) is 68.9 cm³/mol. The van der Waals surface area contributed by atoms with Crippen molar-refractivity contribution in [3.05, 3.63) is 39.4 Å². The summed E-state index contributed by atoms with van der Waals surface area (Å²) in [6.07, 6.45) is 0. The van der Waals surface area contributed by atoms with Gasteiger partial charge in [0.15, 0.2) is 0 Å². The maximum atomic E-state index is 11.8. The zero-order chi connectivity index (χ0) is 14.6. The summed E-state index contributed by atoms with van der Waals surface area (Å²) < 4.78 is 0. The minimum absolute atomic E-state index is 0.0408. The van der Waals surface area contributed by atoms with E-state index in [9.17, 15) is 19.7 Å². The SMILES string of the molecule is Cc1cc(C(=O)NCC(=O)N(C)C)ccc1[N+](=O)[O-]. The van der Waals surface area contributed by atoms with Crippen LogP contribution in [0.5, 0.6) is 0 Å². The number of carbonyl (C=O) groups excluding carboxylic acids is 2. The van der Waals surface area contributed by atoms with Gasteiger partial charge in [0.25, 0.3) is 11.6 Å². The van der Waals surface area contributed by atoms with Crippen molar-refractivity contribution in [3.63, 3.8) is 0 Å². The fourth-order valence-electron chi connectivity index (χ4n) is 1.42. The minimum Gasteiger partial charge on any atom is -0.347 e. The molecule has 7 heteroatoms. The predicted octanol–water partition coefficient (Wildman–Crippen LogP) is 0.721. The molecule has 2 amide bonds. The number of nitro benzene ring substituents is 1. The monoisotopic (exact) mass is 265 g/mol. The lowest BCUT2D eigenvalue weighted by molar-refractivity contribution is -0.385. The molecule has 1 N–H and O–H groups in total. The third kappa shape index (κ3) is 3.77. The highest BCUT2D eigenvalue weighted by molar-refractivity contribution is 5.96. The molecular formula is C12H15N3O4. The van der Waals surface area contributed by atoms with Gasteiger partial charge >= 0.3 is 0 Å². The van der Waals surface area contributed by atoms with Crippen LogP contribution in [0.25, 0.3) is 0 Å². The molecule has 0 radical (unpaired) electrons. The Morgan fingerprint density at radius 2 is 2.00 bits per heavy atom. The number of nitro groups is 1. The van der Waals surface area contributed by atoms with Crippen LogP contribution in [0.3, 0.4) is 0 Å². The summed E-state index contributed by atoms with van der Waals surface area (Å²) in [5.74, 6) is -0.666. The lowest BCUT2D eigenvalue weighted by Gasteiger charge is -2.11. The number of amides is 2. The van der Waals surface area contributed by atoms with Crippen LogP contribution in [-0.2, 0) is 4.79 Å². The Hall–Kier alpha value is -2.44. The van der Waals surface area contributed by atoms with Gasteiger partial charge in [0.2, 0.25) is 5.91 Å². The van der Waals surface area contributed by atoms with Crippen LogP contribution >= 0.6 is 0 Å². The summed E-state index contributed by atoms with van der Waals surface area (Å²) in [5, 5.41) is 13.1. The van der Waals surface area contributed by atoms with Crippen LogP contribution in [0.2, 0.25) is 0 Å². The smallest absolute Gasteiger partial charge is 0.272 e. The number of hydrogen-bond donors (Lipinski definition) is 1. The Labute approximate surface area is 110 Å². The van der Waals surface area contributed by atoms with Gasteiger partial charge in [-0.05, 0) is 19.1 Å². The molecule has 0 bridgehead atoms. The molecule has 7 nitrogen and oxygen atoms in total. The summed E-state index contributed by atoms with van der Waals surface area (Å²) in [7, 11) is 3.18. The first-order valence-corrected chi connectivity index (χ1v) is 5.56. The second-order valence-corrected chi connectivity index (χ2v) is 4.23. The lowest BCUT2D eigenvalue weighted by atomic mass is 10.1.